The van der Waals surface area contributed by atoms with Crippen LogP contribution in [0.3, 0.4) is 0 Å². The largest absolute Gasteiger partial charge is 0.416 e. The number of benzene rings is 2. The summed E-state index contributed by atoms with van der Waals surface area (Å²) in [5, 5.41) is 0. The van der Waals surface area contributed by atoms with Gasteiger partial charge in [-0.2, -0.15) is 29.9 Å². The predicted octanol–water partition coefficient (Wildman–Crippen LogP) is 5.44. The third-order valence-corrected chi connectivity index (χ3v) is 6.09. The quantitative estimate of drug-likeness (QED) is 0.559. The molecular weight excluding hydrogens is 405 g/mol. The van der Waals surface area contributed by atoms with Gasteiger partial charge in [0.2, 0.25) is 0 Å². The predicted molar refractivity (Wildman–Crippen MR) is 109 cm³/mol. The molecule has 8 heteroatoms. The molecule has 3 rings (SSSR count). The van der Waals surface area contributed by atoms with Crippen LogP contribution in [0.1, 0.15) is 27.0 Å². The molecule has 1 aromatic heterocycles. The molecule has 28 heavy (non-hydrogen) atoms. The molecule has 0 aliphatic rings. The van der Waals surface area contributed by atoms with Gasteiger partial charge >= 0.3 is 6.18 Å². The lowest BCUT2D eigenvalue weighted by Crippen LogP contribution is -2.18. The van der Waals surface area contributed by atoms with Gasteiger partial charge in [-0.15, -0.1) is 0 Å². The summed E-state index contributed by atoms with van der Waals surface area (Å²) >= 11 is 3.06. The summed E-state index contributed by atoms with van der Waals surface area (Å²) in [4.78, 5) is 17.3. The summed E-state index contributed by atoms with van der Waals surface area (Å²) in [5.74, 6) is 0.161. The van der Waals surface area contributed by atoms with Gasteiger partial charge in [0.25, 0.3) is 5.91 Å². The van der Waals surface area contributed by atoms with E-state index in [0.717, 1.165) is 39.2 Å². The van der Waals surface area contributed by atoms with E-state index in [0.29, 0.717) is 11.3 Å². The Kier molecular flexibility index (Phi) is 6.00. The maximum Gasteiger partial charge on any atom is 0.416 e. The maximum absolute atomic E-state index is 12.9. The minimum absolute atomic E-state index is 0.0726. The van der Waals surface area contributed by atoms with E-state index in [1.807, 2.05) is 30.7 Å². The Hall–Kier alpha value is -2.06. The first-order chi connectivity index (χ1) is 13.2. The second-order valence-corrected chi connectivity index (χ2v) is 8.42. The van der Waals surface area contributed by atoms with E-state index in [4.69, 9.17) is 0 Å². The molecule has 0 spiro atoms. The van der Waals surface area contributed by atoms with E-state index >= 15 is 0 Å². The van der Waals surface area contributed by atoms with Crippen LogP contribution >= 0.6 is 23.1 Å². The Morgan fingerprint density at radius 1 is 1.21 bits per heavy atom. The molecule has 0 aliphatic carbocycles. The Bertz CT molecular complexity index is 1100. The monoisotopic (exact) mass is 424 g/mol. The highest BCUT2D eigenvalue weighted by Crippen LogP contribution is 2.29. The van der Waals surface area contributed by atoms with Crippen molar-refractivity contribution < 1.29 is 18.0 Å². The SMILES string of the molecule is CSCCn1c(=NC(=O)c2cccc(C(F)(F)F)c2)sc2c(C)cc(C)cc21. The van der Waals surface area contributed by atoms with Crippen LogP contribution in [0.2, 0.25) is 0 Å². The zero-order chi connectivity index (χ0) is 20.5. The topological polar surface area (TPSA) is 34.4 Å². The highest BCUT2D eigenvalue weighted by Gasteiger charge is 2.30. The number of rotatable bonds is 4. The molecular formula is C20H19F3N2OS2. The highest BCUT2D eigenvalue weighted by molar-refractivity contribution is 7.98. The summed E-state index contributed by atoms with van der Waals surface area (Å²) in [7, 11) is 0. The fraction of sp³-hybridized carbons (Fsp3) is 0.300. The van der Waals surface area contributed by atoms with Crippen molar-refractivity contribution in [3.05, 3.63) is 63.5 Å². The molecule has 0 N–H and O–H groups in total. The molecule has 0 unspecified atom stereocenters. The van der Waals surface area contributed by atoms with Gasteiger partial charge in [-0.1, -0.05) is 23.5 Å². The molecule has 3 aromatic rings. The first kappa shape index (κ1) is 20.7. The number of hydrogen-bond acceptors (Lipinski definition) is 3. The fourth-order valence-corrected chi connectivity index (χ4v) is 4.45. The van der Waals surface area contributed by atoms with Crippen LogP contribution in [-0.2, 0) is 12.7 Å². The zero-order valence-corrected chi connectivity index (χ0v) is 17.3. The number of carbonyl (C=O) groups excluding carboxylic acids is 1. The number of fused-ring (bicyclic) bond motifs is 1. The van der Waals surface area contributed by atoms with Crippen LogP contribution in [-0.4, -0.2) is 22.5 Å². The van der Waals surface area contributed by atoms with E-state index in [2.05, 4.69) is 11.1 Å². The van der Waals surface area contributed by atoms with Crippen molar-refractivity contribution in [2.45, 2.75) is 26.6 Å². The summed E-state index contributed by atoms with van der Waals surface area (Å²) in [6, 6.07) is 8.49. The lowest BCUT2D eigenvalue weighted by atomic mass is 10.1. The van der Waals surface area contributed by atoms with E-state index in [9.17, 15) is 18.0 Å². The van der Waals surface area contributed by atoms with Crippen molar-refractivity contribution in [1.82, 2.24) is 4.57 Å². The Morgan fingerprint density at radius 3 is 2.64 bits per heavy atom. The minimum atomic E-state index is -4.50. The highest BCUT2D eigenvalue weighted by atomic mass is 32.2. The van der Waals surface area contributed by atoms with Gasteiger partial charge in [0.15, 0.2) is 4.80 Å². The summed E-state index contributed by atoms with van der Waals surface area (Å²) in [6.07, 6.45) is -2.50. The maximum atomic E-state index is 12.9. The molecule has 1 heterocycles. The number of amides is 1. The summed E-state index contributed by atoms with van der Waals surface area (Å²) < 4.78 is 41.8. The van der Waals surface area contributed by atoms with Crippen molar-refractivity contribution in [1.29, 1.82) is 0 Å². The number of aryl methyl sites for hydroxylation is 3. The molecule has 0 saturated heterocycles. The molecule has 1 amide bonds. The summed E-state index contributed by atoms with van der Waals surface area (Å²) in [5.41, 5.74) is 2.26. The molecule has 3 nitrogen and oxygen atoms in total. The van der Waals surface area contributed by atoms with Gasteiger partial charge in [-0.05, 0) is 55.5 Å². The van der Waals surface area contributed by atoms with Crippen molar-refractivity contribution in [3.8, 4) is 0 Å². The number of carbonyl (C=O) groups is 1. The smallest absolute Gasteiger partial charge is 0.315 e. The van der Waals surface area contributed by atoms with Gasteiger partial charge < -0.3 is 4.57 Å². The molecule has 0 fully saturated rings. The molecule has 0 aliphatic heterocycles. The van der Waals surface area contributed by atoms with Crippen molar-refractivity contribution in [2.24, 2.45) is 4.99 Å². The van der Waals surface area contributed by atoms with Crippen LogP contribution < -0.4 is 4.80 Å². The number of thioether (sulfide) groups is 1. The first-order valence-electron chi connectivity index (χ1n) is 8.56. The third-order valence-electron chi connectivity index (χ3n) is 4.27. The van der Waals surface area contributed by atoms with Crippen molar-refractivity contribution in [2.75, 3.05) is 12.0 Å². The second-order valence-electron chi connectivity index (χ2n) is 6.45. The van der Waals surface area contributed by atoms with Gasteiger partial charge in [-0.3, -0.25) is 4.79 Å². The van der Waals surface area contributed by atoms with E-state index in [1.54, 1.807) is 11.8 Å². The van der Waals surface area contributed by atoms with Crippen LogP contribution in [0.4, 0.5) is 13.2 Å². The van der Waals surface area contributed by atoms with Crippen LogP contribution in [0, 0.1) is 13.8 Å². The number of nitrogens with zero attached hydrogens (tertiary/aromatic N) is 2. The van der Waals surface area contributed by atoms with Gasteiger partial charge in [0, 0.05) is 17.9 Å². The lowest BCUT2D eigenvalue weighted by molar-refractivity contribution is -0.137. The number of alkyl halides is 3. The van der Waals surface area contributed by atoms with Gasteiger partial charge in [0.1, 0.15) is 0 Å². The van der Waals surface area contributed by atoms with Crippen LogP contribution in [0.5, 0.6) is 0 Å². The molecule has 0 saturated carbocycles. The second kappa shape index (κ2) is 8.13. The molecule has 0 radical (unpaired) electrons. The Labute approximate surface area is 168 Å². The average Bonchev–Trinajstić information content (AvgIpc) is 2.96. The van der Waals surface area contributed by atoms with Crippen molar-refractivity contribution in [3.63, 3.8) is 0 Å². The standard InChI is InChI=1S/C20H19F3N2OS2/c1-12-9-13(2)17-16(10-12)25(7-8-27-3)19(28-17)24-18(26)14-5-4-6-15(11-14)20(21,22)23/h4-6,9-11H,7-8H2,1-3H3. The third kappa shape index (κ3) is 4.33. The van der Waals surface area contributed by atoms with E-state index < -0.39 is 17.6 Å². The van der Waals surface area contributed by atoms with Crippen LogP contribution in [0.25, 0.3) is 10.2 Å². The normalized spacial score (nSPS) is 12.7. The molecule has 0 atom stereocenters. The van der Waals surface area contributed by atoms with Gasteiger partial charge in [0.05, 0.1) is 15.8 Å². The number of hydrogen-bond donors (Lipinski definition) is 0. The molecule has 0 bridgehead atoms. The number of halogens is 3. The number of aromatic nitrogens is 1. The van der Waals surface area contributed by atoms with E-state index in [1.165, 1.54) is 23.5 Å². The Morgan fingerprint density at radius 2 is 1.96 bits per heavy atom. The molecule has 2 aromatic carbocycles. The Balaban J connectivity index is 2.13. The number of thiazole rings is 1. The lowest BCUT2D eigenvalue weighted by Gasteiger charge is -2.07. The molecule has 148 valence electrons. The van der Waals surface area contributed by atoms with Gasteiger partial charge in [-0.25, -0.2) is 0 Å². The fourth-order valence-electron chi connectivity index (χ4n) is 2.98. The summed E-state index contributed by atoms with van der Waals surface area (Å²) in [6.45, 7) is 4.68. The average molecular weight is 425 g/mol. The van der Waals surface area contributed by atoms with E-state index in [-0.39, 0.29) is 5.56 Å². The zero-order valence-electron chi connectivity index (χ0n) is 15.6. The van der Waals surface area contributed by atoms with Crippen molar-refractivity contribution >= 4 is 39.2 Å². The minimum Gasteiger partial charge on any atom is -0.315 e. The van der Waals surface area contributed by atoms with Crippen LogP contribution in [0.15, 0.2) is 41.4 Å². The first-order valence-corrected chi connectivity index (χ1v) is 10.8.